The highest BCUT2D eigenvalue weighted by Gasteiger charge is 2.46. The Morgan fingerprint density at radius 1 is 1.20 bits per heavy atom. The Hall–Kier alpha value is -4.48. The highest BCUT2D eigenvalue weighted by Crippen LogP contribution is 2.51. The summed E-state index contributed by atoms with van der Waals surface area (Å²) in [5, 5.41) is 22.1. The number of anilines is 2. The molecule has 2 aliphatic rings. The van der Waals surface area contributed by atoms with Crippen molar-refractivity contribution in [2.24, 2.45) is 11.1 Å². The van der Waals surface area contributed by atoms with Crippen LogP contribution in [0.15, 0.2) is 55.7 Å². The monoisotopic (exact) mass is 636 g/mol. The highest BCUT2D eigenvalue weighted by atomic mass is 32.2. The van der Waals surface area contributed by atoms with Crippen molar-refractivity contribution in [1.29, 1.82) is 5.26 Å². The van der Waals surface area contributed by atoms with Gasteiger partial charge in [-0.2, -0.15) is 5.26 Å². The molecular weight excluding hydrogens is 605 g/mol. The number of nitrogens with two attached hydrogens (primary N) is 1. The zero-order valence-electron chi connectivity index (χ0n) is 25.1. The molecule has 0 saturated carbocycles. The predicted molar refractivity (Wildman–Crippen MR) is 166 cm³/mol. The summed E-state index contributed by atoms with van der Waals surface area (Å²) in [6.45, 7) is 5.85. The number of nitrogens with one attached hydrogen (secondary N) is 1. The van der Waals surface area contributed by atoms with Gasteiger partial charge in [0.15, 0.2) is 21.6 Å². The van der Waals surface area contributed by atoms with Crippen LogP contribution >= 0.6 is 23.1 Å². The normalized spacial score (nSPS) is 17.7. The fourth-order valence-corrected chi connectivity index (χ4v) is 7.13. The quantitative estimate of drug-likeness (QED) is 0.298. The molecule has 1 aliphatic carbocycles. The van der Waals surface area contributed by atoms with Gasteiger partial charge in [-0.1, -0.05) is 36.9 Å². The number of aryl methyl sites for hydroxylation is 1. The molecule has 1 unspecified atom stereocenters. The first-order chi connectivity index (χ1) is 21.0. The second-order valence-corrected chi connectivity index (χ2v) is 13.2. The van der Waals surface area contributed by atoms with Gasteiger partial charge >= 0.3 is 0 Å². The van der Waals surface area contributed by atoms with Crippen molar-refractivity contribution >= 4 is 45.6 Å². The standard InChI is InChI=1S/C30H32N6O6S2/c1-15-7-8-20(42-15)24-17(13-31)27(32)36(18-11-30(2,3)12-19(37)25(18)24)28-34-35-29(44-28)43-14-23(38)33-16-9-21(39-4)26(41-6)22(10-16)40-5/h7-10,24H,11-12,14,32H2,1-6H3,(H,33,38). The third-order valence-electron chi connectivity index (χ3n) is 7.29. The minimum Gasteiger partial charge on any atom is -0.493 e. The number of carbonyl (C=O) groups is 2. The molecule has 1 amide bonds. The SMILES string of the molecule is COc1cc(NC(=O)CSc2nnc(N3C(N)=C(C#N)C(c4ccc(C)o4)C4=C3CC(C)(C)CC4=O)s2)cc(OC)c1OC. The Morgan fingerprint density at radius 2 is 1.91 bits per heavy atom. The van der Waals surface area contributed by atoms with E-state index in [1.807, 2.05) is 20.8 Å². The maximum absolute atomic E-state index is 13.6. The molecule has 0 fully saturated rings. The molecule has 3 heterocycles. The summed E-state index contributed by atoms with van der Waals surface area (Å²) in [5.74, 6) is 1.56. The summed E-state index contributed by atoms with van der Waals surface area (Å²) in [6.07, 6.45) is 0.857. The van der Waals surface area contributed by atoms with Crippen molar-refractivity contribution in [2.45, 2.75) is 43.9 Å². The molecule has 0 bridgehead atoms. The van der Waals surface area contributed by atoms with E-state index < -0.39 is 5.92 Å². The highest BCUT2D eigenvalue weighted by molar-refractivity contribution is 8.01. The summed E-state index contributed by atoms with van der Waals surface area (Å²) in [4.78, 5) is 28.1. The van der Waals surface area contributed by atoms with Crippen molar-refractivity contribution in [1.82, 2.24) is 10.2 Å². The van der Waals surface area contributed by atoms with Gasteiger partial charge in [0.2, 0.25) is 16.8 Å². The van der Waals surface area contributed by atoms with Gasteiger partial charge in [-0.05, 0) is 30.9 Å². The summed E-state index contributed by atoms with van der Waals surface area (Å²) in [7, 11) is 4.50. The number of furan rings is 1. The van der Waals surface area contributed by atoms with E-state index in [-0.39, 0.29) is 34.3 Å². The summed E-state index contributed by atoms with van der Waals surface area (Å²) < 4.78 is 22.5. The van der Waals surface area contributed by atoms with Gasteiger partial charge in [-0.15, -0.1) is 10.2 Å². The van der Waals surface area contributed by atoms with Crippen molar-refractivity contribution < 1.29 is 28.2 Å². The third-order valence-corrected chi connectivity index (χ3v) is 9.33. The molecule has 0 spiro atoms. The van der Waals surface area contributed by atoms with Gasteiger partial charge in [0.1, 0.15) is 17.3 Å². The number of Topliss-reactive ketones (excluding diaryl/α,β-unsaturated/α-hetero) is 1. The maximum atomic E-state index is 13.6. The van der Waals surface area contributed by atoms with Crippen molar-refractivity contribution in [3.8, 4) is 23.3 Å². The van der Waals surface area contributed by atoms with Crippen LogP contribution in [0.1, 0.15) is 44.1 Å². The second kappa shape index (κ2) is 12.3. The maximum Gasteiger partial charge on any atom is 0.234 e. The van der Waals surface area contributed by atoms with E-state index in [2.05, 4.69) is 21.6 Å². The molecule has 3 aromatic rings. The van der Waals surface area contributed by atoms with Gasteiger partial charge in [0, 0.05) is 35.5 Å². The molecule has 3 N–H and O–H groups in total. The number of carbonyl (C=O) groups excluding carboxylic acids is 2. The number of aromatic nitrogens is 2. The predicted octanol–water partition coefficient (Wildman–Crippen LogP) is 5.14. The van der Waals surface area contributed by atoms with Crippen LogP contribution in [-0.2, 0) is 9.59 Å². The van der Waals surface area contributed by atoms with Crippen LogP contribution in [0.25, 0.3) is 0 Å². The molecule has 2 aromatic heterocycles. The summed E-state index contributed by atoms with van der Waals surface area (Å²) >= 11 is 2.41. The number of nitrogens with zero attached hydrogens (tertiary/aromatic N) is 4. The van der Waals surface area contributed by atoms with Crippen molar-refractivity contribution in [2.75, 3.05) is 37.3 Å². The fourth-order valence-electron chi connectivity index (χ4n) is 5.45. The summed E-state index contributed by atoms with van der Waals surface area (Å²) in [6, 6.07) is 9.08. The van der Waals surface area contributed by atoms with E-state index in [0.717, 1.165) is 0 Å². The summed E-state index contributed by atoms with van der Waals surface area (Å²) in [5.41, 5.74) is 8.17. The lowest BCUT2D eigenvalue weighted by Gasteiger charge is -2.42. The first kappa shape index (κ1) is 31.0. The van der Waals surface area contributed by atoms with Crippen molar-refractivity contribution in [3.05, 3.63) is 58.5 Å². The second-order valence-electron chi connectivity index (χ2n) is 11.0. The number of amides is 1. The molecule has 0 saturated heterocycles. The third kappa shape index (κ3) is 5.85. The van der Waals surface area contributed by atoms with E-state index in [9.17, 15) is 14.9 Å². The molecule has 12 nitrogen and oxygen atoms in total. The molecule has 1 aliphatic heterocycles. The zero-order chi connectivity index (χ0) is 31.8. The van der Waals surface area contributed by atoms with Gasteiger partial charge in [0.25, 0.3) is 0 Å². The number of allylic oxidation sites excluding steroid dienone is 3. The smallest absolute Gasteiger partial charge is 0.234 e. The number of hydrogen-bond donors (Lipinski definition) is 2. The zero-order valence-corrected chi connectivity index (χ0v) is 26.8. The van der Waals surface area contributed by atoms with E-state index in [4.69, 9.17) is 24.4 Å². The van der Waals surface area contributed by atoms with E-state index >= 15 is 0 Å². The number of rotatable bonds is 9. The molecule has 1 aromatic carbocycles. The number of benzene rings is 1. The van der Waals surface area contributed by atoms with Crippen LogP contribution in [0.4, 0.5) is 10.8 Å². The van der Waals surface area contributed by atoms with Crippen molar-refractivity contribution in [3.63, 3.8) is 0 Å². The Kier molecular flexibility index (Phi) is 8.62. The fraction of sp³-hybridized carbons (Fsp3) is 0.367. The van der Waals surface area contributed by atoms with Crippen LogP contribution in [0.5, 0.6) is 17.2 Å². The van der Waals surface area contributed by atoms with Gasteiger partial charge in [0.05, 0.1) is 44.6 Å². The van der Waals surface area contributed by atoms with Crippen LogP contribution < -0.4 is 30.2 Å². The van der Waals surface area contributed by atoms with Gasteiger partial charge < -0.3 is 29.7 Å². The number of thioether (sulfide) groups is 1. The minimum absolute atomic E-state index is 0.0411. The van der Waals surface area contributed by atoms with E-state index in [1.54, 1.807) is 29.2 Å². The Balaban J connectivity index is 1.40. The Labute approximate surface area is 262 Å². The molecular formula is C30H32N6O6S2. The largest absolute Gasteiger partial charge is 0.493 e. The van der Waals surface area contributed by atoms with Gasteiger partial charge in [-0.25, -0.2) is 0 Å². The first-order valence-corrected chi connectivity index (χ1v) is 15.4. The lowest BCUT2D eigenvalue weighted by molar-refractivity contribution is -0.118. The lowest BCUT2D eigenvalue weighted by atomic mass is 9.69. The van der Waals surface area contributed by atoms with Crippen LogP contribution in [0, 0.1) is 23.7 Å². The average Bonchev–Trinajstić information content (AvgIpc) is 3.63. The first-order valence-electron chi connectivity index (χ1n) is 13.6. The number of ketones is 1. The molecule has 230 valence electrons. The Morgan fingerprint density at radius 3 is 2.50 bits per heavy atom. The van der Waals surface area contributed by atoms with Gasteiger partial charge in [-0.3, -0.25) is 14.5 Å². The molecule has 44 heavy (non-hydrogen) atoms. The molecule has 0 radical (unpaired) electrons. The number of hydrogen-bond acceptors (Lipinski definition) is 13. The number of ether oxygens (including phenoxy) is 3. The molecule has 1 atom stereocenters. The topological polar surface area (TPSA) is 166 Å². The average molecular weight is 637 g/mol. The number of nitriles is 1. The molecule has 14 heteroatoms. The minimum atomic E-state index is -0.704. The van der Waals surface area contributed by atoms with E-state index in [0.29, 0.717) is 68.0 Å². The van der Waals surface area contributed by atoms with Crippen LogP contribution in [-0.4, -0.2) is 49.0 Å². The van der Waals surface area contributed by atoms with Crippen LogP contribution in [0.3, 0.4) is 0 Å². The van der Waals surface area contributed by atoms with Crippen LogP contribution in [0.2, 0.25) is 0 Å². The molecule has 5 rings (SSSR count). The Bertz CT molecular complexity index is 1710. The van der Waals surface area contributed by atoms with E-state index in [1.165, 1.54) is 44.4 Å². The lowest BCUT2D eigenvalue weighted by Crippen LogP contribution is -2.42. The number of methoxy groups -OCH3 is 3.